The van der Waals surface area contributed by atoms with Gasteiger partial charge in [-0.25, -0.2) is 0 Å². The number of rotatable bonds is 6. The van der Waals surface area contributed by atoms with Gasteiger partial charge in [-0.2, -0.15) is 5.10 Å². The molecule has 26 heavy (non-hydrogen) atoms. The monoisotopic (exact) mass is 418 g/mol. The van der Waals surface area contributed by atoms with Crippen molar-refractivity contribution in [3.05, 3.63) is 63.7 Å². The lowest BCUT2D eigenvalue weighted by Crippen LogP contribution is -2.28. The topological polar surface area (TPSA) is 73.4 Å². The van der Waals surface area contributed by atoms with Crippen LogP contribution in [0.15, 0.2) is 45.5 Å². The van der Waals surface area contributed by atoms with Crippen LogP contribution in [0, 0.1) is 6.92 Å². The van der Waals surface area contributed by atoms with Gasteiger partial charge >= 0.3 is 0 Å². The summed E-state index contributed by atoms with van der Waals surface area (Å²) >= 11 is 3.44. The van der Waals surface area contributed by atoms with Crippen LogP contribution in [-0.2, 0) is 20.2 Å². The molecular formula is C18H19BrN4O3. The van der Waals surface area contributed by atoms with Crippen LogP contribution < -0.4 is 4.74 Å². The van der Waals surface area contributed by atoms with Gasteiger partial charge in [-0.05, 0) is 35.0 Å². The Labute approximate surface area is 159 Å². The predicted octanol–water partition coefficient (Wildman–Crippen LogP) is 3.33. The van der Waals surface area contributed by atoms with Crippen molar-refractivity contribution in [2.75, 3.05) is 7.05 Å². The highest BCUT2D eigenvalue weighted by Crippen LogP contribution is 2.21. The van der Waals surface area contributed by atoms with E-state index in [2.05, 4.69) is 26.2 Å². The fraction of sp³-hybridized carbons (Fsp3) is 0.278. The number of aryl methyl sites for hydroxylation is 2. The predicted molar refractivity (Wildman–Crippen MR) is 98.7 cm³/mol. The Balaban J connectivity index is 1.75. The van der Waals surface area contributed by atoms with Crippen molar-refractivity contribution in [2.45, 2.75) is 20.1 Å². The van der Waals surface area contributed by atoms with Gasteiger partial charge in [0.1, 0.15) is 18.1 Å². The second kappa shape index (κ2) is 7.74. The number of hydrogen-bond donors (Lipinski definition) is 0. The molecule has 1 amide bonds. The van der Waals surface area contributed by atoms with Crippen LogP contribution >= 0.6 is 15.9 Å². The maximum Gasteiger partial charge on any atom is 0.276 e. The quantitative estimate of drug-likeness (QED) is 0.613. The molecule has 0 unspecified atom stereocenters. The number of nitrogens with zero attached hydrogens (tertiary/aromatic N) is 4. The number of ether oxygens (including phenoxy) is 1. The summed E-state index contributed by atoms with van der Waals surface area (Å²) in [7, 11) is 3.55. The fourth-order valence-electron chi connectivity index (χ4n) is 2.49. The van der Waals surface area contributed by atoms with Gasteiger partial charge in [0, 0.05) is 14.1 Å². The molecule has 7 nitrogen and oxygen atoms in total. The first-order valence-electron chi connectivity index (χ1n) is 8.02. The minimum Gasteiger partial charge on any atom is -0.489 e. The Morgan fingerprint density at radius 3 is 2.73 bits per heavy atom. The van der Waals surface area contributed by atoms with E-state index in [-0.39, 0.29) is 18.2 Å². The van der Waals surface area contributed by atoms with E-state index in [1.54, 1.807) is 29.7 Å². The summed E-state index contributed by atoms with van der Waals surface area (Å²) in [4.78, 5) is 14.4. The zero-order chi connectivity index (χ0) is 18.7. The third-order valence-electron chi connectivity index (χ3n) is 4.06. The van der Waals surface area contributed by atoms with Gasteiger partial charge < -0.3 is 14.2 Å². The van der Waals surface area contributed by atoms with Gasteiger partial charge in [0.2, 0.25) is 0 Å². The molecule has 0 bridgehead atoms. The summed E-state index contributed by atoms with van der Waals surface area (Å²) in [6.07, 6.45) is 1.70. The molecule has 3 rings (SSSR count). The molecule has 2 aromatic heterocycles. The van der Waals surface area contributed by atoms with Crippen LogP contribution in [-0.4, -0.2) is 32.8 Å². The Hall–Kier alpha value is -2.61. The maximum absolute atomic E-state index is 12.8. The number of benzene rings is 1. The van der Waals surface area contributed by atoms with Crippen LogP contribution in [0.5, 0.6) is 5.75 Å². The summed E-state index contributed by atoms with van der Waals surface area (Å²) in [5.74, 6) is 1.06. The van der Waals surface area contributed by atoms with E-state index in [4.69, 9.17) is 9.26 Å². The van der Waals surface area contributed by atoms with Crippen LogP contribution in [0.4, 0.5) is 0 Å². The average Bonchev–Trinajstić information content (AvgIpc) is 3.17. The lowest BCUT2D eigenvalue weighted by atomic mass is 10.2. The maximum atomic E-state index is 12.8. The second-order valence-electron chi connectivity index (χ2n) is 5.89. The Kier molecular flexibility index (Phi) is 5.41. The molecular weight excluding hydrogens is 400 g/mol. The van der Waals surface area contributed by atoms with E-state index in [0.717, 1.165) is 15.9 Å². The van der Waals surface area contributed by atoms with Crippen molar-refractivity contribution in [3.8, 4) is 5.75 Å². The first kappa shape index (κ1) is 18.2. The Morgan fingerprint density at radius 2 is 2.08 bits per heavy atom. The molecule has 0 fully saturated rings. The second-order valence-corrected chi connectivity index (χ2v) is 6.75. The minimum absolute atomic E-state index is 0.212. The van der Waals surface area contributed by atoms with Crippen molar-refractivity contribution >= 4 is 21.8 Å². The highest BCUT2D eigenvalue weighted by Gasteiger charge is 2.24. The summed E-state index contributed by atoms with van der Waals surface area (Å²) < 4.78 is 13.6. The molecule has 0 radical (unpaired) electrons. The van der Waals surface area contributed by atoms with Gasteiger partial charge in [0.15, 0.2) is 5.69 Å². The molecule has 0 N–H and O–H groups in total. The molecule has 8 heteroatoms. The van der Waals surface area contributed by atoms with Crippen LogP contribution in [0.1, 0.15) is 27.5 Å². The zero-order valence-electron chi connectivity index (χ0n) is 14.8. The van der Waals surface area contributed by atoms with E-state index in [1.807, 2.05) is 37.4 Å². The zero-order valence-corrected chi connectivity index (χ0v) is 16.4. The van der Waals surface area contributed by atoms with Gasteiger partial charge in [0.25, 0.3) is 5.91 Å². The van der Waals surface area contributed by atoms with Crippen molar-refractivity contribution in [1.82, 2.24) is 19.8 Å². The van der Waals surface area contributed by atoms with E-state index in [1.165, 1.54) is 0 Å². The lowest BCUT2D eigenvalue weighted by Gasteiger charge is -2.17. The molecule has 0 spiro atoms. The molecule has 1 aromatic carbocycles. The highest BCUT2D eigenvalue weighted by molar-refractivity contribution is 9.10. The molecule has 0 aliphatic rings. The summed E-state index contributed by atoms with van der Waals surface area (Å²) in [5, 5.41) is 8.11. The molecule has 0 saturated carbocycles. The SMILES string of the molecule is Cc1onc(C(=O)N(C)Cc2c(Br)cnn2C)c1COc1ccccc1. The van der Waals surface area contributed by atoms with Gasteiger partial charge in [0.05, 0.1) is 28.5 Å². The first-order chi connectivity index (χ1) is 12.5. The summed E-state index contributed by atoms with van der Waals surface area (Å²) in [6.45, 7) is 2.37. The molecule has 3 aromatic rings. The Bertz CT molecular complexity index is 885. The van der Waals surface area contributed by atoms with Crippen molar-refractivity contribution in [1.29, 1.82) is 0 Å². The van der Waals surface area contributed by atoms with Crippen LogP contribution in [0.25, 0.3) is 0 Å². The van der Waals surface area contributed by atoms with E-state index in [0.29, 0.717) is 17.9 Å². The number of carbonyl (C=O) groups is 1. The van der Waals surface area contributed by atoms with E-state index >= 15 is 0 Å². The smallest absolute Gasteiger partial charge is 0.276 e. The molecule has 0 saturated heterocycles. The normalized spacial score (nSPS) is 10.8. The van der Waals surface area contributed by atoms with E-state index in [9.17, 15) is 4.79 Å². The van der Waals surface area contributed by atoms with Gasteiger partial charge in [-0.1, -0.05) is 23.4 Å². The standard InChI is InChI=1S/C18H19BrN4O3/c1-12-14(11-25-13-7-5-4-6-8-13)17(21-26-12)18(24)22(2)10-16-15(19)9-20-23(16)3/h4-9H,10-11H2,1-3H3. The molecule has 0 aliphatic carbocycles. The third kappa shape index (κ3) is 3.80. The summed E-state index contributed by atoms with van der Waals surface area (Å²) in [6, 6.07) is 9.41. The highest BCUT2D eigenvalue weighted by atomic mass is 79.9. The third-order valence-corrected chi connectivity index (χ3v) is 4.72. The number of amides is 1. The van der Waals surface area contributed by atoms with E-state index < -0.39 is 0 Å². The molecule has 0 atom stereocenters. The van der Waals surface area contributed by atoms with Crippen molar-refractivity contribution in [2.24, 2.45) is 7.05 Å². The van der Waals surface area contributed by atoms with Gasteiger partial charge in [-0.15, -0.1) is 0 Å². The first-order valence-corrected chi connectivity index (χ1v) is 8.81. The summed E-state index contributed by atoms with van der Waals surface area (Å²) in [5.41, 5.74) is 1.80. The number of carbonyl (C=O) groups excluding carboxylic acids is 1. The molecule has 136 valence electrons. The van der Waals surface area contributed by atoms with Crippen molar-refractivity contribution in [3.63, 3.8) is 0 Å². The number of para-hydroxylation sites is 1. The fourth-order valence-corrected chi connectivity index (χ4v) is 2.97. The molecule has 0 aliphatic heterocycles. The number of aromatic nitrogens is 3. The minimum atomic E-state index is -0.235. The average molecular weight is 419 g/mol. The number of halogens is 1. The Morgan fingerprint density at radius 1 is 1.35 bits per heavy atom. The lowest BCUT2D eigenvalue weighted by molar-refractivity contribution is 0.0769. The number of hydrogen-bond acceptors (Lipinski definition) is 5. The van der Waals surface area contributed by atoms with Crippen molar-refractivity contribution < 1.29 is 14.1 Å². The molecule has 2 heterocycles. The van der Waals surface area contributed by atoms with Gasteiger partial charge in [-0.3, -0.25) is 9.48 Å². The largest absolute Gasteiger partial charge is 0.489 e. The van der Waals surface area contributed by atoms with Crippen LogP contribution in [0.3, 0.4) is 0 Å². The van der Waals surface area contributed by atoms with Crippen LogP contribution in [0.2, 0.25) is 0 Å².